The molecule has 1 amide bonds. The zero-order chi connectivity index (χ0) is 15.3. The topological polar surface area (TPSA) is 41.1 Å². The summed E-state index contributed by atoms with van der Waals surface area (Å²) in [5.74, 6) is 0.284. The Balaban J connectivity index is 1.99. The number of nitrogens with one attached hydrogen (secondary N) is 2. The Morgan fingerprint density at radius 2 is 1.91 bits per heavy atom. The van der Waals surface area contributed by atoms with Gasteiger partial charge in [0.1, 0.15) is 0 Å². The van der Waals surface area contributed by atoms with Gasteiger partial charge in [0.25, 0.3) is 0 Å². The summed E-state index contributed by atoms with van der Waals surface area (Å²) in [5.41, 5.74) is 5.66. The fraction of sp³-hybridized carbons (Fsp3) is 0.316. The lowest BCUT2D eigenvalue weighted by Crippen LogP contribution is -2.46. The lowest BCUT2D eigenvalue weighted by molar-refractivity contribution is -0.126. The molecule has 4 rings (SSSR count). The van der Waals surface area contributed by atoms with Gasteiger partial charge in [-0.05, 0) is 48.6 Å². The second-order valence-corrected chi connectivity index (χ2v) is 6.52. The third kappa shape index (κ3) is 1.65. The molecular formula is C19H20N2O. The van der Waals surface area contributed by atoms with Crippen molar-refractivity contribution in [3.63, 3.8) is 0 Å². The predicted molar refractivity (Wildman–Crippen MR) is 89.3 cm³/mol. The second-order valence-electron chi connectivity index (χ2n) is 6.52. The van der Waals surface area contributed by atoms with Crippen molar-refractivity contribution in [2.45, 2.75) is 25.7 Å². The van der Waals surface area contributed by atoms with Crippen molar-refractivity contribution in [3.05, 3.63) is 59.2 Å². The van der Waals surface area contributed by atoms with Crippen LogP contribution in [0.25, 0.3) is 0 Å². The normalized spacial score (nSPS) is 25.5. The maximum absolute atomic E-state index is 12.8. The van der Waals surface area contributed by atoms with Gasteiger partial charge in [-0.15, -0.1) is 0 Å². The van der Waals surface area contributed by atoms with Crippen LogP contribution >= 0.6 is 0 Å². The monoisotopic (exact) mass is 292 g/mol. The van der Waals surface area contributed by atoms with Crippen molar-refractivity contribution >= 4 is 17.3 Å². The molecule has 3 heteroatoms. The van der Waals surface area contributed by atoms with Crippen LogP contribution in [0.1, 0.15) is 36.0 Å². The number of hydrogen-bond donors (Lipinski definition) is 2. The molecule has 0 saturated heterocycles. The summed E-state index contributed by atoms with van der Waals surface area (Å²) >= 11 is 0. The molecular weight excluding hydrogens is 272 g/mol. The van der Waals surface area contributed by atoms with Crippen LogP contribution in [-0.4, -0.2) is 13.0 Å². The Morgan fingerprint density at radius 3 is 2.73 bits per heavy atom. The molecule has 0 saturated carbocycles. The highest BCUT2D eigenvalue weighted by atomic mass is 16.2. The molecule has 1 aliphatic carbocycles. The van der Waals surface area contributed by atoms with Gasteiger partial charge >= 0.3 is 0 Å². The molecule has 0 fully saturated rings. The summed E-state index contributed by atoms with van der Waals surface area (Å²) in [6, 6.07) is 14.6. The van der Waals surface area contributed by atoms with E-state index in [4.69, 9.17) is 0 Å². The van der Waals surface area contributed by atoms with Gasteiger partial charge in [-0.2, -0.15) is 0 Å². The molecule has 2 aromatic carbocycles. The first kappa shape index (κ1) is 13.4. The number of para-hydroxylation sites is 1. The number of rotatable bonds is 1. The van der Waals surface area contributed by atoms with Crippen LogP contribution in [0.15, 0.2) is 42.5 Å². The molecule has 2 atom stereocenters. The molecule has 2 N–H and O–H groups in total. The van der Waals surface area contributed by atoms with Gasteiger partial charge in [-0.1, -0.05) is 30.3 Å². The van der Waals surface area contributed by atoms with Crippen molar-refractivity contribution in [2.24, 2.45) is 5.41 Å². The van der Waals surface area contributed by atoms with Crippen LogP contribution in [0.2, 0.25) is 0 Å². The van der Waals surface area contributed by atoms with E-state index in [-0.39, 0.29) is 17.2 Å². The average molecular weight is 292 g/mol. The largest absolute Gasteiger partial charge is 0.388 e. The standard InChI is InChI=1S/C19H20N2O/c1-19-11-10-12-13(7-5-9-15(12)20-2)17(19)14-6-3-4-8-16(14)21-18(19)22/h3-9,17,20H,10-11H2,1-2H3,(H,21,22)/t17-,19-/m0/s1. The fourth-order valence-electron chi connectivity index (χ4n) is 4.14. The highest BCUT2D eigenvalue weighted by Crippen LogP contribution is 2.54. The molecule has 1 heterocycles. The van der Waals surface area contributed by atoms with E-state index >= 15 is 0 Å². The zero-order valence-electron chi connectivity index (χ0n) is 12.9. The zero-order valence-corrected chi connectivity index (χ0v) is 12.9. The Hall–Kier alpha value is -2.29. The number of carbonyl (C=O) groups is 1. The SMILES string of the molecule is CNc1cccc2c1CC[C@]1(C)C(=O)Nc3ccccc3[C@H]21. The first-order valence-electron chi connectivity index (χ1n) is 7.85. The molecule has 0 unspecified atom stereocenters. The van der Waals surface area contributed by atoms with Crippen LogP contribution in [0, 0.1) is 5.41 Å². The quantitative estimate of drug-likeness (QED) is 0.840. The first-order chi connectivity index (χ1) is 10.6. The van der Waals surface area contributed by atoms with Gasteiger partial charge in [0.05, 0.1) is 5.41 Å². The van der Waals surface area contributed by atoms with Crippen LogP contribution in [0.5, 0.6) is 0 Å². The average Bonchev–Trinajstić information content (AvgIpc) is 2.54. The molecule has 1 aliphatic heterocycles. The number of anilines is 2. The van der Waals surface area contributed by atoms with E-state index in [0.717, 1.165) is 18.5 Å². The number of carbonyl (C=O) groups excluding carboxylic acids is 1. The smallest absolute Gasteiger partial charge is 0.231 e. The molecule has 2 aliphatic rings. The third-order valence-corrected chi connectivity index (χ3v) is 5.36. The maximum atomic E-state index is 12.8. The summed E-state index contributed by atoms with van der Waals surface area (Å²) in [7, 11) is 1.96. The van der Waals surface area contributed by atoms with E-state index in [1.165, 1.54) is 22.4 Å². The summed E-state index contributed by atoms with van der Waals surface area (Å²) in [6.45, 7) is 2.11. The van der Waals surface area contributed by atoms with E-state index in [2.05, 4.69) is 47.9 Å². The minimum absolute atomic E-state index is 0.134. The number of benzene rings is 2. The van der Waals surface area contributed by atoms with E-state index in [1.807, 2.05) is 19.2 Å². The predicted octanol–water partition coefficient (Wildman–Crippen LogP) is 3.76. The Labute approximate surface area is 130 Å². The van der Waals surface area contributed by atoms with Gasteiger partial charge in [0.2, 0.25) is 5.91 Å². The van der Waals surface area contributed by atoms with Gasteiger partial charge in [-0.25, -0.2) is 0 Å². The molecule has 112 valence electrons. The second kappa shape index (κ2) is 4.60. The highest BCUT2D eigenvalue weighted by Gasteiger charge is 2.49. The van der Waals surface area contributed by atoms with Gasteiger partial charge in [0.15, 0.2) is 0 Å². The first-order valence-corrected chi connectivity index (χ1v) is 7.85. The van der Waals surface area contributed by atoms with Gasteiger partial charge < -0.3 is 10.6 Å². The lowest BCUT2D eigenvalue weighted by Gasteiger charge is -2.45. The van der Waals surface area contributed by atoms with Crippen LogP contribution < -0.4 is 10.6 Å². The van der Waals surface area contributed by atoms with Crippen molar-refractivity contribution in [1.82, 2.24) is 0 Å². The van der Waals surface area contributed by atoms with Crippen LogP contribution in [-0.2, 0) is 11.2 Å². The van der Waals surface area contributed by atoms with E-state index in [1.54, 1.807) is 0 Å². The molecule has 22 heavy (non-hydrogen) atoms. The van der Waals surface area contributed by atoms with Gasteiger partial charge in [-0.3, -0.25) is 4.79 Å². The molecule has 0 aromatic heterocycles. The Bertz CT molecular complexity index is 768. The van der Waals surface area contributed by atoms with Crippen molar-refractivity contribution in [2.75, 3.05) is 17.7 Å². The van der Waals surface area contributed by atoms with Crippen LogP contribution in [0.3, 0.4) is 0 Å². The van der Waals surface area contributed by atoms with Crippen molar-refractivity contribution < 1.29 is 4.79 Å². The van der Waals surface area contributed by atoms with Crippen molar-refractivity contribution in [1.29, 1.82) is 0 Å². The summed E-state index contributed by atoms with van der Waals surface area (Å²) in [6.07, 6.45) is 1.82. The highest BCUT2D eigenvalue weighted by molar-refractivity contribution is 6.00. The lowest BCUT2D eigenvalue weighted by atomic mass is 9.60. The summed E-state index contributed by atoms with van der Waals surface area (Å²) < 4.78 is 0. The minimum Gasteiger partial charge on any atom is -0.388 e. The van der Waals surface area contributed by atoms with Crippen LogP contribution in [0.4, 0.5) is 11.4 Å². The summed E-state index contributed by atoms with van der Waals surface area (Å²) in [5, 5.41) is 6.40. The summed E-state index contributed by atoms with van der Waals surface area (Å²) in [4.78, 5) is 12.8. The van der Waals surface area contributed by atoms with E-state index in [0.29, 0.717) is 0 Å². The fourth-order valence-corrected chi connectivity index (χ4v) is 4.14. The molecule has 0 spiro atoms. The molecule has 3 nitrogen and oxygen atoms in total. The minimum atomic E-state index is -0.367. The number of hydrogen-bond acceptors (Lipinski definition) is 2. The van der Waals surface area contributed by atoms with E-state index in [9.17, 15) is 4.79 Å². The third-order valence-electron chi connectivity index (χ3n) is 5.36. The van der Waals surface area contributed by atoms with E-state index < -0.39 is 0 Å². The number of fused-ring (bicyclic) bond motifs is 5. The van der Waals surface area contributed by atoms with Crippen molar-refractivity contribution in [3.8, 4) is 0 Å². The number of amides is 1. The molecule has 0 bridgehead atoms. The molecule has 2 aromatic rings. The molecule has 0 radical (unpaired) electrons. The van der Waals surface area contributed by atoms with Gasteiger partial charge in [0, 0.05) is 24.3 Å². The Kier molecular flexibility index (Phi) is 2.80. The maximum Gasteiger partial charge on any atom is 0.231 e. The Morgan fingerprint density at radius 1 is 1.14 bits per heavy atom.